The van der Waals surface area contributed by atoms with Crippen LogP contribution >= 0.6 is 23.2 Å². The average molecular weight is 457 g/mol. The molecule has 0 bridgehead atoms. The quantitative estimate of drug-likeness (QED) is 0.486. The van der Waals surface area contributed by atoms with Gasteiger partial charge in [0, 0.05) is 44.8 Å². The Morgan fingerprint density at radius 1 is 1.17 bits per heavy atom. The van der Waals surface area contributed by atoms with E-state index in [4.69, 9.17) is 33.3 Å². The first-order chi connectivity index (χ1) is 13.9. The van der Waals surface area contributed by atoms with Crippen LogP contribution in [0.5, 0.6) is 0 Å². The first-order valence-corrected chi connectivity index (χ1v) is 10.7. The van der Waals surface area contributed by atoms with Crippen LogP contribution in [0, 0.1) is 11.3 Å². The number of ether oxygens (including phenoxy) is 1. The highest BCUT2D eigenvalue weighted by atomic mass is 35.5. The molecule has 1 atom stereocenters. The molecule has 0 radical (unpaired) electrons. The Balaban J connectivity index is 1.75. The summed E-state index contributed by atoms with van der Waals surface area (Å²) in [5, 5.41) is 11.6. The minimum Gasteiger partial charge on any atom is -0.456 e. The van der Waals surface area contributed by atoms with Crippen LogP contribution < -0.4 is 5.32 Å². The molecule has 30 heavy (non-hydrogen) atoms. The van der Waals surface area contributed by atoms with Crippen molar-refractivity contribution in [2.24, 2.45) is 5.92 Å². The molecule has 0 saturated carbocycles. The number of esters is 1. The molecule has 0 spiro atoms. The van der Waals surface area contributed by atoms with E-state index in [1.54, 1.807) is 43.9 Å². The van der Waals surface area contributed by atoms with Crippen LogP contribution in [0.3, 0.4) is 0 Å². The van der Waals surface area contributed by atoms with Gasteiger partial charge in [-0.15, -0.1) is 0 Å². The fraction of sp³-hybridized carbons (Fsp3) is 0.571. The van der Waals surface area contributed by atoms with Crippen molar-refractivity contribution < 1.29 is 14.3 Å². The van der Waals surface area contributed by atoms with Gasteiger partial charge in [0.1, 0.15) is 11.3 Å². The molecule has 1 aliphatic heterocycles. The highest BCUT2D eigenvalue weighted by molar-refractivity contribution is 6.42. The van der Waals surface area contributed by atoms with E-state index < -0.39 is 11.6 Å². The molecule has 1 fully saturated rings. The van der Waals surface area contributed by atoms with Crippen molar-refractivity contribution in [3.8, 4) is 0 Å². The summed E-state index contributed by atoms with van der Waals surface area (Å²) in [4.78, 5) is 28.4. The van der Waals surface area contributed by atoms with Crippen molar-refractivity contribution in [3.05, 3.63) is 28.2 Å². The molecule has 2 rings (SSSR count). The van der Waals surface area contributed by atoms with E-state index in [9.17, 15) is 9.59 Å². The van der Waals surface area contributed by atoms with E-state index in [1.165, 1.54) is 0 Å². The minimum absolute atomic E-state index is 0.00272. The summed E-state index contributed by atoms with van der Waals surface area (Å²) < 4.78 is 5.25. The Bertz CT molecular complexity index is 787. The number of urea groups is 1. The van der Waals surface area contributed by atoms with E-state index in [-0.39, 0.29) is 17.7 Å². The second-order valence-electron chi connectivity index (χ2n) is 8.64. The van der Waals surface area contributed by atoms with Gasteiger partial charge in [-0.2, -0.15) is 0 Å². The van der Waals surface area contributed by atoms with Crippen molar-refractivity contribution in [3.63, 3.8) is 0 Å². The summed E-state index contributed by atoms with van der Waals surface area (Å²) in [6, 6.07) is 4.81. The van der Waals surface area contributed by atoms with Gasteiger partial charge in [-0.3, -0.25) is 10.3 Å². The largest absolute Gasteiger partial charge is 0.456 e. The second-order valence-corrected chi connectivity index (χ2v) is 9.45. The molecule has 0 aromatic heterocycles. The molecule has 2 N–H and O–H groups in total. The highest BCUT2D eigenvalue weighted by Gasteiger charge is 2.25. The highest BCUT2D eigenvalue weighted by Crippen LogP contribution is 2.25. The van der Waals surface area contributed by atoms with Crippen LogP contribution in [-0.4, -0.2) is 65.8 Å². The van der Waals surface area contributed by atoms with Crippen LogP contribution in [0.15, 0.2) is 18.2 Å². The third-order valence-corrected chi connectivity index (χ3v) is 5.34. The Morgan fingerprint density at radius 2 is 1.80 bits per heavy atom. The topological polar surface area (TPSA) is 85.7 Å². The van der Waals surface area contributed by atoms with Gasteiger partial charge >= 0.3 is 12.0 Å². The smallest absolute Gasteiger partial charge is 0.352 e. The Hall–Kier alpha value is -1.83. The third kappa shape index (κ3) is 7.78. The van der Waals surface area contributed by atoms with Crippen molar-refractivity contribution in [1.29, 1.82) is 5.41 Å². The lowest BCUT2D eigenvalue weighted by molar-refractivity contribution is -0.146. The first-order valence-electron chi connectivity index (χ1n) is 9.98. The third-order valence-electron chi connectivity index (χ3n) is 4.60. The van der Waals surface area contributed by atoms with Crippen LogP contribution in [0.2, 0.25) is 10.0 Å². The Kier molecular flexibility index (Phi) is 8.52. The maximum absolute atomic E-state index is 12.5. The Morgan fingerprint density at radius 3 is 2.37 bits per heavy atom. The van der Waals surface area contributed by atoms with Crippen molar-refractivity contribution in [1.82, 2.24) is 9.80 Å². The number of hydrogen-bond acceptors (Lipinski definition) is 5. The number of carbonyl (C=O) groups is 2. The number of nitrogens with one attached hydrogen (secondary N) is 2. The Labute approximate surface area is 188 Å². The number of carbonyl (C=O) groups excluding carboxylic acids is 2. The lowest BCUT2D eigenvalue weighted by Gasteiger charge is -2.36. The fourth-order valence-electron chi connectivity index (χ4n) is 3.19. The number of halogens is 2. The van der Waals surface area contributed by atoms with E-state index in [2.05, 4.69) is 10.2 Å². The molecule has 1 aromatic carbocycles. The number of hydrogen-bond donors (Lipinski definition) is 2. The average Bonchev–Trinajstić information content (AvgIpc) is 2.63. The molecule has 2 amide bonds. The lowest BCUT2D eigenvalue weighted by Crippen LogP contribution is -2.50. The maximum Gasteiger partial charge on any atom is 0.352 e. The maximum atomic E-state index is 12.5. The van der Waals surface area contributed by atoms with Crippen LogP contribution in [0.1, 0.15) is 34.1 Å². The fourth-order valence-corrected chi connectivity index (χ4v) is 3.48. The number of benzene rings is 1. The van der Waals surface area contributed by atoms with Gasteiger partial charge in [-0.05, 0) is 44.9 Å². The van der Waals surface area contributed by atoms with E-state index in [1.807, 2.05) is 6.92 Å². The monoisotopic (exact) mass is 456 g/mol. The normalized spacial score (nSPS) is 16.1. The number of rotatable bonds is 6. The summed E-state index contributed by atoms with van der Waals surface area (Å²) >= 11 is 11.9. The van der Waals surface area contributed by atoms with Crippen LogP contribution in [-0.2, 0) is 9.53 Å². The molecular weight excluding hydrogens is 427 g/mol. The van der Waals surface area contributed by atoms with Crippen LogP contribution in [0.4, 0.5) is 10.5 Å². The van der Waals surface area contributed by atoms with Crippen molar-refractivity contribution >= 4 is 46.6 Å². The molecule has 0 aliphatic carbocycles. The number of amides is 2. The van der Waals surface area contributed by atoms with Gasteiger partial charge in [0.15, 0.2) is 0 Å². The van der Waals surface area contributed by atoms with E-state index in [0.717, 1.165) is 19.6 Å². The summed E-state index contributed by atoms with van der Waals surface area (Å²) in [7, 11) is 0. The zero-order valence-electron chi connectivity index (χ0n) is 17.9. The predicted molar refractivity (Wildman–Crippen MR) is 121 cm³/mol. The summed E-state index contributed by atoms with van der Waals surface area (Å²) in [5.74, 6) is -0.417. The molecular formula is C21H30Cl2N4O3. The van der Waals surface area contributed by atoms with Gasteiger partial charge < -0.3 is 15.0 Å². The molecule has 166 valence electrons. The predicted octanol–water partition coefficient (Wildman–Crippen LogP) is 4.53. The molecule has 1 aliphatic rings. The molecule has 1 saturated heterocycles. The van der Waals surface area contributed by atoms with Crippen LogP contribution in [0.25, 0.3) is 0 Å². The number of piperazine rings is 1. The van der Waals surface area contributed by atoms with Gasteiger partial charge in [-0.1, -0.05) is 30.1 Å². The molecule has 1 heterocycles. The van der Waals surface area contributed by atoms with E-state index >= 15 is 0 Å². The number of anilines is 1. The zero-order valence-corrected chi connectivity index (χ0v) is 19.4. The molecule has 1 aromatic rings. The van der Waals surface area contributed by atoms with Gasteiger partial charge in [-0.25, -0.2) is 9.59 Å². The zero-order chi connectivity index (χ0) is 22.5. The van der Waals surface area contributed by atoms with Crippen molar-refractivity contribution in [2.45, 2.75) is 39.7 Å². The first kappa shape index (κ1) is 24.4. The minimum atomic E-state index is -0.596. The number of nitrogens with zero attached hydrogens (tertiary/aromatic N) is 2. The second kappa shape index (κ2) is 10.5. The summed E-state index contributed by atoms with van der Waals surface area (Å²) in [6.07, 6.45) is 0.368. The lowest BCUT2D eigenvalue weighted by atomic mass is 10.0. The summed E-state index contributed by atoms with van der Waals surface area (Å²) in [6.45, 7) is 10.8. The van der Waals surface area contributed by atoms with Gasteiger partial charge in [0.2, 0.25) is 0 Å². The van der Waals surface area contributed by atoms with E-state index in [0.29, 0.717) is 35.2 Å². The summed E-state index contributed by atoms with van der Waals surface area (Å²) in [5.41, 5.74) is 0.00380. The molecule has 7 nitrogen and oxygen atoms in total. The van der Waals surface area contributed by atoms with Gasteiger partial charge in [0.05, 0.1) is 10.0 Å². The SMILES string of the molecule is CC(CC(=N)C(=O)OC(C)(C)C)CN1CCN(C(=O)Nc2ccc(Cl)c(Cl)c2)CC1. The van der Waals surface area contributed by atoms with Crippen molar-refractivity contribution in [2.75, 3.05) is 38.0 Å². The standard InChI is InChI=1S/C21H30Cl2N4O3/c1-14(11-18(24)19(28)30-21(2,3)4)13-26-7-9-27(10-8-26)20(29)25-15-5-6-16(22)17(23)12-15/h5-6,12,14,24H,7-11,13H2,1-4H3,(H,25,29). The molecule has 9 heteroatoms. The molecule has 1 unspecified atom stereocenters. The van der Waals surface area contributed by atoms with Gasteiger partial charge in [0.25, 0.3) is 0 Å².